The van der Waals surface area contributed by atoms with Crippen LogP contribution >= 0.6 is 24.4 Å². The minimum Gasteiger partial charge on any atom is -0.497 e. The van der Waals surface area contributed by atoms with Crippen molar-refractivity contribution >= 4 is 58.2 Å². The van der Waals surface area contributed by atoms with Gasteiger partial charge in [0, 0.05) is 42.9 Å². The van der Waals surface area contributed by atoms with Crippen LogP contribution in [0.5, 0.6) is 11.5 Å². The second-order valence-corrected chi connectivity index (χ2v) is 8.99. The summed E-state index contributed by atoms with van der Waals surface area (Å²) < 4.78 is 16.5. The zero-order chi connectivity index (χ0) is 24.8. The molecule has 35 heavy (non-hydrogen) atoms. The molecule has 2 heterocycles. The van der Waals surface area contributed by atoms with Crippen LogP contribution in [0.2, 0.25) is 0 Å². The number of carbonyl (C=O) groups excluding carboxylic acids is 1. The van der Waals surface area contributed by atoms with Gasteiger partial charge in [0.2, 0.25) is 0 Å². The minimum atomic E-state index is -0.524. The highest BCUT2D eigenvalue weighted by Crippen LogP contribution is 2.38. The van der Waals surface area contributed by atoms with E-state index in [-0.39, 0.29) is 5.60 Å². The van der Waals surface area contributed by atoms with E-state index in [0.29, 0.717) is 29.9 Å². The van der Waals surface area contributed by atoms with Crippen LogP contribution in [0.4, 0.5) is 16.2 Å². The average molecular weight is 513 g/mol. The summed E-state index contributed by atoms with van der Waals surface area (Å²) in [5.74, 6) is 1.61. The monoisotopic (exact) mass is 512 g/mol. The third-order valence-corrected chi connectivity index (χ3v) is 6.44. The number of amides is 1. The van der Waals surface area contributed by atoms with Gasteiger partial charge >= 0.3 is 6.09 Å². The number of likely N-dealkylation sites (tertiary alicyclic amines) is 1. The lowest BCUT2D eigenvalue weighted by molar-refractivity contribution is 0.0585. The van der Waals surface area contributed by atoms with E-state index in [9.17, 15) is 4.79 Å². The molecule has 0 radical (unpaired) electrons. The number of methoxy groups -OCH3 is 1. The first-order valence-electron chi connectivity index (χ1n) is 11.4. The number of anilines is 2. The number of thiocarbonyl (C=S) groups is 2. The Hall–Kier alpha value is -3.37. The van der Waals surface area contributed by atoms with Crippen molar-refractivity contribution in [2.75, 3.05) is 37.4 Å². The Labute approximate surface area is 215 Å². The van der Waals surface area contributed by atoms with Crippen LogP contribution in [0.3, 0.4) is 0 Å². The van der Waals surface area contributed by atoms with Crippen molar-refractivity contribution in [2.24, 2.45) is 0 Å². The summed E-state index contributed by atoms with van der Waals surface area (Å²) in [6.07, 6.45) is 5.19. The molecule has 0 unspecified atom stereocenters. The van der Waals surface area contributed by atoms with E-state index >= 15 is 0 Å². The van der Waals surface area contributed by atoms with Crippen LogP contribution in [-0.2, 0) is 4.74 Å². The van der Waals surface area contributed by atoms with Crippen molar-refractivity contribution in [3.63, 3.8) is 0 Å². The molecule has 2 aromatic carbocycles. The third kappa shape index (κ3) is 6.20. The highest BCUT2D eigenvalue weighted by atomic mass is 32.1. The van der Waals surface area contributed by atoms with Crippen LogP contribution in [0.25, 0.3) is 6.08 Å². The fraction of sp³-hybridized carbons (Fsp3) is 0.320. The van der Waals surface area contributed by atoms with Gasteiger partial charge in [-0.05, 0) is 79.9 Å². The minimum absolute atomic E-state index is 0.303. The molecule has 0 aromatic heterocycles. The molecular formula is C25H28N4O4S2. The molecule has 1 amide bonds. The first kappa shape index (κ1) is 24.7. The Morgan fingerprint density at radius 2 is 1.77 bits per heavy atom. The van der Waals surface area contributed by atoms with Gasteiger partial charge in [0.25, 0.3) is 0 Å². The quantitative estimate of drug-likeness (QED) is 0.502. The SMILES string of the molecule is CCOC(=O)NC(=S)N1CCC2(C=Cc3cc(NC(=S)Nc4ccc(OC)cc4)ccc3O2)CC1. The Bertz CT molecular complexity index is 1130. The molecule has 0 saturated carbocycles. The summed E-state index contributed by atoms with van der Waals surface area (Å²) in [6, 6.07) is 13.5. The van der Waals surface area contributed by atoms with E-state index in [1.165, 1.54) is 0 Å². The van der Waals surface area contributed by atoms with Crippen molar-refractivity contribution in [2.45, 2.75) is 25.4 Å². The van der Waals surface area contributed by atoms with Gasteiger partial charge in [-0.25, -0.2) is 4.79 Å². The van der Waals surface area contributed by atoms with Gasteiger partial charge in [-0.2, -0.15) is 0 Å². The summed E-state index contributed by atoms with van der Waals surface area (Å²) in [5, 5.41) is 9.87. The molecule has 1 saturated heterocycles. The fourth-order valence-electron chi connectivity index (χ4n) is 4.00. The van der Waals surface area contributed by atoms with E-state index < -0.39 is 6.09 Å². The predicted molar refractivity (Wildman–Crippen MR) is 145 cm³/mol. The zero-order valence-corrected chi connectivity index (χ0v) is 21.3. The summed E-state index contributed by atoms with van der Waals surface area (Å²) in [4.78, 5) is 13.6. The van der Waals surface area contributed by atoms with Crippen LogP contribution in [0.15, 0.2) is 48.5 Å². The summed E-state index contributed by atoms with van der Waals surface area (Å²) >= 11 is 10.8. The topological polar surface area (TPSA) is 84.1 Å². The number of piperidine rings is 1. The molecule has 10 heteroatoms. The molecule has 2 aromatic rings. The maximum atomic E-state index is 11.6. The number of hydrogen-bond donors (Lipinski definition) is 3. The maximum absolute atomic E-state index is 11.6. The molecule has 1 spiro atoms. The van der Waals surface area contributed by atoms with Crippen LogP contribution in [-0.4, -0.2) is 53.6 Å². The largest absolute Gasteiger partial charge is 0.497 e. The van der Waals surface area contributed by atoms with Gasteiger partial charge < -0.3 is 29.7 Å². The highest BCUT2D eigenvalue weighted by molar-refractivity contribution is 7.80. The average Bonchev–Trinajstić information content (AvgIpc) is 2.85. The second-order valence-electron chi connectivity index (χ2n) is 8.20. The molecule has 3 N–H and O–H groups in total. The first-order chi connectivity index (χ1) is 16.9. The van der Waals surface area contributed by atoms with Gasteiger partial charge in [0.1, 0.15) is 17.1 Å². The van der Waals surface area contributed by atoms with Crippen molar-refractivity contribution < 1.29 is 19.0 Å². The number of carbonyl (C=O) groups is 1. The molecule has 2 aliphatic heterocycles. The van der Waals surface area contributed by atoms with Crippen molar-refractivity contribution in [1.82, 2.24) is 10.2 Å². The fourth-order valence-corrected chi connectivity index (χ4v) is 4.50. The number of benzene rings is 2. The molecule has 8 nitrogen and oxygen atoms in total. The molecule has 1 fully saturated rings. The Kier molecular flexibility index (Phi) is 7.72. The molecule has 2 aliphatic rings. The van der Waals surface area contributed by atoms with Crippen LogP contribution in [0, 0.1) is 0 Å². The maximum Gasteiger partial charge on any atom is 0.413 e. The second kappa shape index (κ2) is 10.9. The van der Waals surface area contributed by atoms with E-state index in [1.54, 1.807) is 14.0 Å². The third-order valence-electron chi connectivity index (χ3n) is 5.88. The van der Waals surface area contributed by atoms with Gasteiger partial charge in [-0.1, -0.05) is 6.08 Å². The van der Waals surface area contributed by atoms with Crippen LogP contribution in [0.1, 0.15) is 25.3 Å². The lowest BCUT2D eigenvalue weighted by Crippen LogP contribution is -2.52. The number of hydrogen-bond acceptors (Lipinski definition) is 6. The molecule has 0 bridgehead atoms. The van der Waals surface area contributed by atoms with Crippen LogP contribution < -0.4 is 25.4 Å². The lowest BCUT2D eigenvalue weighted by Gasteiger charge is -2.42. The Morgan fingerprint density at radius 1 is 1.09 bits per heavy atom. The number of nitrogens with one attached hydrogen (secondary N) is 3. The van der Waals surface area contributed by atoms with Crippen molar-refractivity contribution in [3.05, 3.63) is 54.1 Å². The zero-order valence-electron chi connectivity index (χ0n) is 19.6. The summed E-state index contributed by atoms with van der Waals surface area (Å²) in [6.45, 7) is 3.41. The molecule has 184 valence electrons. The number of fused-ring (bicyclic) bond motifs is 1. The summed E-state index contributed by atoms with van der Waals surface area (Å²) in [7, 11) is 1.63. The van der Waals surface area contributed by atoms with Crippen molar-refractivity contribution in [1.29, 1.82) is 0 Å². The van der Waals surface area contributed by atoms with Gasteiger partial charge in [-0.15, -0.1) is 0 Å². The van der Waals surface area contributed by atoms with E-state index in [0.717, 1.165) is 41.3 Å². The molecule has 0 atom stereocenters. The Balaban J connectivity index is 1.32. The number of ether oxygens (including phenoxy) is 3. The smallest absolute Gasteiger partial charge is 0.413 e. The standard InChI is InChI=1S/C25H28N4O4S2/c1-3-32-24(30)28-23(35)29-14-12-25(13-15-29)11-10-17-16-19(6-9-21(17)33-25)27-22(34)26-18-4-7-20(31-2)8-5-18/h4-11,16H,3,12-15H2,1-2H3,(H2,26,27,34)(H,28,30,35). The Morgan fingerprint density at radius 3 is 2.46 bits per heavy atom. The van der Waals surface area contributed by atoms with Crippen molar-refractivity contribution in [3.8, 4) is 11.5 Å². The highest BCUT2D eigenvalue weighted by Gasteiger charge is 2.37. The molecular weight excluding hydrogens is 484 g/mol. The van der Waals surface area contributed by atoms with E-state index in [4.69, 9.17) is 38.6 Å². The normalized spacial score (nSPS) is 15.4. The first-order valence-corrected chi connectivity index (χ1v) is 12.2. The van der Waals surface area contributed by atoms with Gasteiger partial charge in [0.05, 0.1) is 13.7 Å². The van der Waals surface area contributed by atoms with E-state index in [2.05, 4.69) is 28.1 Å². The predicted octanol–water partition coefficient (Wildman–Crippen LogP) is 4.78. The number of nitrogens with zero attached hydrogens (tertiary/aromatic N) is 1. The van der Waals surface area contributed by atoms with Gasteiger partial charge in [-0.3, -0.25) is 5.32 Å². The van der Waals surface area contributed by atoms with Gasteiger partial charge in [0.15, 0.2) is 10.2 Å². The molecule has 0 aliphatic carbocycles. The summed E-state index contributed by atoms with van der Waals surface area (Å²) in [5.41, 5.74) is 2.33. The van der Waals surface area contributed by atoms with E-state index in [1.807, 2.05) is 47.4 Å². The number of rotatable bonds is 4. The lowest BCUT2D eigenvalue weighted by atomic mass is 9.88. The molecule has 4 rings (SSSR count). The number of alkyl carbamates (subject to hydrolysis) is 1.